The van der Waals surface area contributed by atoms with Crippen molar-refractivity contribution in [3.8, 4) is 0 Å². The Balaban J connectivity index is 1.94. The SMILES string of the molecule is CC(CN(C)c1ccccc1F)N1CCNCC1. The van der Waals surface area contributed by atoms with Gasteiger partial charge < -0.3 is 10.2 Å². The molecule has 0 aliphatic carbocycles. The molecule has 1 unspecified atom stereocenters. The van der Waals surface area contributed by atoms with Gasteiger partial charge in [-0.15, -0.1) is 0 Å². The van der Waals surface area contributed by atoms with E-state index in [0.717, 1.165) is 32.7 Å². The molecule has 0 radical (unpaired) electrons. The summed E-state index contributed by atoms with van der Waals surface area (Å²) in [4.78, 5) is 4.45. The van der Waals surface area contributed by atoms with Crippen LogP contribution in [-0.4, -0.2) is 50.7 Å². The minimum atomic E-state index is -0.146. The predicted octanol–water partition coefficient (Wildman–Crippen LogP) is 1.56. The lowest BCUT2D eigenvalue weighted by Gasteiger charge is -2.35. The number of piperazine rings is 1. The molecular formula is C14H22FN3. The molecule has 1 N–H and O–H groups in total. The lowest BCUT2D eigenvalue weighted by atomic mass is 10.2. The molecule has 4 heteroatoms. The Hall–Kier alpha value is -1.13. The molecule has 18 heavy (non-hydrogen) atoms. The number of nitrogens with one attached hydrogen (secondary N) is 1. The molecule has 2 rings (SSSR count). The summed E-state index contributed by atoms with van der Waals surface area (Å²) in [6.45, 7) is 7.31. The third-order valence-electron chi connectivity index (χ3n) is 3.58. The van der Waals surface area contributed by atoms with Crippen molar-refractivity contribution in [3.05, 3.63) is 30.1 Å². The Morgan fingerprint density at radius 3 is 2.67 bits per heavy atom. The van der Waals surface area contributed by atoms with E-state index < -0.39 is 0 Å². The highest BCUT2D eigenvalue weighted by molar-refractivity contribution is 5.46. The summed E-state index contributed by atoms with van der Waals surface area (Å²) >= 11 is 0. The molecule has 0 bridgehead atoms. The molecule has 0 saturated carbocycles. The fourth-order valence-electron chi connectivity index (χ4n) is 2.49. The summed E-state index contributed by atoms with van der Waals surface area (Å²) in [5, 5.41) is 3.35. The Labute approximate surface area is 109 Å². The number of rotatable bonds is 4. The fraction of sp³-hybridized carbons (Fsp3) is 0.571. The maximum atomic E-state index is 13.7. The summed E-state index contributed by atoms with van der Waals surface area (Å²) < 4.78 is 13.7. The van der Waals surface area contributed by atoms with Crippen molar-refractivity contribution < 1.29 is 4.39 Å². The van der Waals surface area contributed by atoms with Gasteiger partial charge in [0.15, 0.2) is 0 Å². The molecule has 0 aromatic heterocycles. The van der Waals surface area contributed by atoms with Crippen LogP contribution in [0.2, 0.25) is 0 Å². The van der Waals surface area contributed by atoms with Crippen molar-refractivity contribution in [3.63, 3.8) is 0 Å². The van der Waals surface area contributed by atoms with Crippen molar-refractivity contribution >= 4 is 5.69 Å². The normalized spacial score (nSPS) is 18.6. The topological polar surface area (TPSA) is 18.5 Å². The zero-order chi connectivity index (χ0) is 13.0. The van der Waals surface area contributed by atoms with E-state index in [0.29, 0.717) is 11.7 Å². The van der Waals surface area contributed by atoms with E-state index in [4.69, 9.17) is 0 Å². The Kier molecular flexibility index (Phi) is 4.55. The first-order valence-corrected chi connectivity index (χ1v) is 6.59. The Morgan fingerprint density at radius 1 is 1.33 bits per heavy atom. The van der Waals surface area contributed by atoms with E-state index in [1.807, 2.05) is 24.1 Å². The second-order valence-corrected chi connectivity index (χ2v) is 4.97. The second-order valence-electron chi connectivity index (χ2n) is 4.97. The van der Waals surface area contributed by atoms with Crippen LogP contribution in [0, 0.1) is 5.82 Å². The smallest absolute Gasteiger partial charge is 0.146 e. The van der Waals surface area contributed by atoms with Crippen LogP contribution < -0.4 is 10.2 Å². The number of benzene rings is 1. The summed E-state index contributed by atoms with van der Waals surface area (Å²) in [6, 6.07) is 7.40. The number of hydrogen-bond donors (Lipinski definition) is 1. The first-order chi connectivity index (χ1) is 8.68. The first kappa shape index (κ1) is 13.3. The van der Waals surface area contributed by atoms with Gasteiger partial charge in [-0.2, -0.15) is 0 Å². The van der Waals surface area contributed by atoms with Crippen LogP contribution in [0.5, 0.6) is 0 Å². The minimum Gasteiger partial charge on any atom is -0.371 e. The Bertz CT molecular complexity index is 377. The quantitative estimate of drug-likeness (QED) is 0.876. The van der Waals surface area contributed by atoms with Gasteiger partial charge in [-0.3, -0.25) is 4.90 Å². The van der Waals surface area contributed by atoms with Crippen molar-refractivity contribution in [1.82, 2.24) is 10.2 Å². The number of nitrogens with zero attached hydrogens (tertiary/aromatic N) is 2. The largest absolute Gasteiger partial charge is 0.371 e. The maximum absolute atomic E-state index is 13.7. The zero-order valence-electron chi connectivity index (χ0n) is 11.2. The van der Waals surface area contributed by atoms with Crippen LogP contribution in [0.15, 0.2) is 24.3 Å². The summed E-state index contributed by atoms with van der Waals surface area (Å²) in [5.74, 6) is -0.146. The van der Waals surface area contributed by atoms with Gasteiger partial charge in [0.25, 0.3) is 0 Å². The van der Waals surface area contributed by atoms with Crippen molar-refractivity contribution in [1.29, 1.82) is 0 Å². The van der Waals surface area contributed by atoms with E-state index in [2.05, 4.69) is 17.1 Å². The molecule has 1 aromatic rings. The van der Waals surface area contributed by atoms with Gasteiger partial charge in [0.05, 0.1) is 5.69 Å². The molecule has 1 heterocycles. The van der Waals surface area contributed by atoms with Gasteiger partial charge in [-0.1, -0.05) is 12.1 Å². The van der Waals surface area contributed by atoms with Gasteiger partial charge >= 0.3 is 0 Å². The number of halogens is 1. The third-order valence-corrected chi connectivity index (χ3v) is 3.58. The van der Waals surface area contributed by atoms with Gasteiger partial charge in [-0.25, -0.2) is 4.39 Å². The van der Waals surface area contributed by atoms with Crippen LogP contribution >= 0.6 is 0 Å². The van der Waals surface area contributed by atoms with Crippen LogP contribution in [0.4, 0.5) is 10.1 Å². The molecule has 1 fully saturated rings. The van der Waals surface area contributed by atoms with Gasteiger partial charge in [0.2, 0.25) is 0 Å². The molecule has 1 atom stereocenters. The number of hydrogen-bond acceptors (Lipinski definition) is 3. The monoisotopic (exact) mass is 251 g/mol. The average Bonchev–Trinajstić information content (AvgIpc) is 2.40. The van der Waals surface area contributed by atoms with Gasteiger partial charge in [0.1, 0.15) is 5.82 Å². The molecule has 1 aliphatic rings. The molecule has 1 saturated heterocycles. The molecular weight excluding hydrogens is 229 g/mol. The van der Waals surface area contributed by atoms with Crippen LogP contribution in [-0.2, 0) is 0 Å². The molecule has 3 nitrogen and oxygen atoms in total. The van der Waals surface area contributed by atoms with E-state index in [1.165, 1.54) is 6.07 Å². The summed E-state index contributed by atoms with van der Waals surface area (Å²) in [7, 11) is 1.96. The highest BCUT2D eigenvalue weighted by atomic mass is 19.1. The van der Waals surface area contributed by atoms with E-state index >= 15 is 0 Å². The lowest BCUT2D eigenvalue weighted by molar-refractivity contribution is 0.187. The van der Waals surface area contributed by atoms with Crippen molar-refractivity contribution in [2.24, 2.45) is 0 Å². The second kappa shape index (κ2) is 6.16. The predicted molar refractivity (Wildman–Crippen MR) is 73.6 cm³/mol. The van der Waals surface area contributed by atoms with E-state index in [9.17, 15) is 4.39 Å². The number of para-hydroxylation sites is 1. The number of anilines is 1. The minimum absolute atomic E-state index is 0.146. The van der Waals surface area contributed by atoms with Crippen LogP contribution in [0.1, 0.15) is 6.92 Å². The lowest BCUT2D eigenvalue weighted by Crippen LogP contribution is -2.50. The van der Waals surface area contributed by atoms with Crippen LogP contribution in [0.25, 0.3) is 0 Å². The molecule has 100 valence electrons. The highest BCUT2D eigenvalue weighted by Crippen LogP contribution is 2.18. The van der Waals surface area contributed by atoms with Crippen molar-refractivity contribution in [2.45, 2.75) is 13.0 Å². The highest BCUT2D eigenvalue weighted by Gasteiger charge is 2.18. The average molecular weight is 251 g/mol. The zero-order valence-corrected chi connectivity index (χ0v) is 11.2. The summed E-state index contributed by atoms with van der Waals surface area (Å²) in [5.41, 5.74) is 0.680. The molecule has 0 spiro atoms. The molecule has 1 aromatic carbocycles. The van der Waals surface area contributed by atoms with Gasteiger partial charge in [0, 0.05) is 45.8 Å². The fourth-order valence-corrected chi connectivity index (χ4v) is 2.49. The van der Waals surface area contributed by atoms with Crippen molar-refractivity contribution in [2.75, 3.05) is 44.7 Å². The molecule has 0 amide bonds. The maximum Gasteiger partial charge on any atom is 0.146 e. The van der Waals surface area contributed by atoms with Crippen LogP contribution in [0.3, 0.4) is 0 Å². The Morgan fingerprint density at radius 2 is 2.00 bits per heavy atom. The number of likely N-dealkylation sites (N-methyl/N-ethyl adjacent to an activating group) is 1. The van der Waals surface area contributed by atoms with Gasteiger partial charge in [-0.05, 0) is 19.1 Å². The summed E-state index contributed by atoms with van der Waals surface area (Å²) in [6.07, 6.45) is 0. The standard InChI is InChI=1S/C14H22FN3/c1-12(18-9-7-16-8-10-18)11-17(2)14-6-4-3-5-13(14)15/h3-6,12,16H,7-11H2,1-2H3. The third kappa shape index (κ3) is 3.21. The molecule has 1 aliphatic heterocycles. The first-order valence-electron chi connectivity index (χ1n) is 6.59. The van der Waals surface area contributed by atoms with E-state index in [-0.39, 0.29) is 5.82 Å². The van der Waals surface area contributed by atoms with E-state index in [1.54, 1.807) is 6.07 Å².